The zero-order chi connectivity index (χ0) is 59.6. The van der Waals surface area contributed by atoms with Crippen molar-refractivity contribution in [1.82, 2.24) is 39.5 Å². The molecule has 9 aromatic rings. The summed E-state index contributed by atoms with van der Waals surface area (Å²) in [6.45, 7) is 8.48. The molecule has 4 aromatic heterocycles. The van der Waals surface area contributed by atoms with Crippen LogP contribution in [0.3, 0.4) is 0 Å². The van der Waals surface area contributed by atoms with Gasteiger partial charge in [0.05, 0.1) is 35.9 Å². The summed E-state index contributed by atoms with van der Waals surface area (Å²) in [5.41, 5.74) is 5.03. The van der Waals surface area contributed by atoms with Crippen molar-refractivity contribution in [3.63, 3.8) is 0 Å². The standard InChI is InChI=1S/C16H21ClF2N2OSi.C15H13ClF2N4.C10H7ClF2N2.C7H4BrClF2.C7H4BrClO/c1-23(2,3)7-6-22-11-21-10-13(9-20-21)12-4-5-15(17)14(8-12)16(18)19;1-21-5-4-12(20-21)9-22-8-11(7-19-22)10-2-3-14(16)13(6-10)15(17)18;11-9-2-1-6(3-8(9)10(12)13)7-4-14-15-5-7;8-4-1-2-6(9)5(3-4)7(10)11;8-6-1-2-7(9)5(3-6)4-10/h4-5,8-10,16H,6-7,11H2,1-3H3;2-8,15H,9H2,1H3;1-5,10H,(H,14,15);1-3,7H;1-4H. The molecule has 0 amide bonds. The molecule has 26 heteroatoms. The highest BCUT2D eigenvalue weighted by Gasteiger charge is 2.18. The molecule has 10 nitrogen and oxygen atoms in total. The highest BCUT2D eigenvalue weighted by molar-refractivity contribution is 9.10. The molecule has 0 atom stereocenters. The van der Waals surface area contributed by atoms with E-state index in [0.29, 0.717) is 51.6 Å². The lowest BCUT2D eigenvalue weighted by molar-refractivity contribution is 0.0786. The Kier molecular flexibility index (Phi) is 26.2. The van der Waals surface area contributed by atoms with Crippen LogP contribution in [0.4, 0.5) is 35.1 Å². The molecular weight excluding hydrogens is 1320 g/mol. The number of ether oxygens (including phenoxy) is 1. The van der Waals surface area contributed by atoms with Gasteiger partial charge in [0.1, 0.15) is 6.73 Å². The van der Waals surface area contributed by atoms with E-state index in [-0.39, 0.29) is 42.3 Å². The summed E-state index contributed by atoms with van der Waals surface area (Å²) in [7, 11) is 0.741. The van der Waals surface area contributed by atoms with E-state index in [4.69, 9.17) is 62.7 Å². The monoisotopic (exact) mass is 1370 g/mol. The number of rotatable bonds is 15. The number of hydrogen-bond donors (Lipinski definition) is 1. The Morgan fingerprint density at radius 2 is 1.02 bits per heavy atom. The van der Waals surface area contributed by atoms with Crippen molar-refractivity contribution in [3.8, 4) is 33.4 Å². The first-order valence-corrected chi connectivity index (χ1v) is 31.0. The molecule has 1 N–H and O–H groups in total. The number of halogens is 15. The molecule has 0 saturated carbocycles. The van der Waals surface area contributed by atoms with Crippen LogP contribution >= 0.6 is 89.9 Å². The topological polar surface area (TPSA) is 108 Å². The third-order valence-electron chi connectivity index (χ3n) is 11.0. The zero-order valence-electron chi connectivity index (χ0n) is 43.1. The first kappa shape index (κ1) is 66.4. The number of aromatic nitrogens is 8. The number of aldehydes is 1. The summed E-state index contributed by atoms with van der Waals surface area (Å²) in [5.74, 6) is 0. The van der Waals surface area contributed by atoms with Gasteiger partial charge in [0.15, 0.2) is 6.29 Å². The first-order valence-electron chi connectivity index (χ1n) is 23.8. The van der Waals surface area contributed by atoms with Crippen LogP contribution in [0.25, 0.3) is 33.4 Å². The number of carbonyl (C=O) groups is 1. The molecule has 0 radical (unpaired) electrons. The lowest BCUT2D eigenvalue weighted by Crippen LogP contribution is -2.22. The number of carbonyl (C=O) groups excluding carboxylic acids is 1. The summed E-state index contributed by atoms with van der Waals surface area (Å²) < 4.78 is 113. The maximum atomic E-state index is 12.9. The molecule has 0 aliphatic carbocycles. The van der Waals surface area contributed by atoms with Gasteiger partial charge in [-0.05, 0) is 102 Å². The second kappa shape index (κ2) is 31.9. The summed E-state index contributed by atoms with van der Waals surface area (Å²) in [6.07, 6.45) is 2.38. The Balaban J connectivity index is 0.000000193. The molecule has 0 spiro atoms. The molecular formula is C55H49Br2Cl5F8N8O2Si. The molecule has 0 aliphatic heterocycles. The van der Waals surface area contributed by atoms with Gasteiger partial charge < -0.3 is 4.74 Å². The second-order valence-electron chi connectivity index (χ2n) is 18.4. The van der Waals surface area contributed by atoms with Crippen molar-refractivity contribution in [2.24, 2.45) is 7.05 Å². The van der Waals surface area contributed by atoms with E-state index >= 15 is 0 Å². The van der Waals surface area contributed by atoms with E-state index in [1.165, 1.54) is 48.5 Å². The van der Waals surface area contributed by atoms with E-state index < -0.39 is 33.8 Å². The molecule has 81 heavy (non-hydrogen) atoms. The minimum absolute atomic E-state index is 0.0691. The summed E-state index contributed by atoms with van der Waals surface area (Å²) in [5, 5.41) is 19.9. The largest absolute Gasteiger partial charge is 0.360 e. The highest BCUT2D eigenvalue weighted by atomic mass is 79.9. The van der Waals surface area contributed by atoms with E-state index in [1.54, 1.807) is 93.7 Å². The normalized spacial score (nSPS) is 11.1. The number of H-pyrrole nitrogens is 1. The Morgan fingerprint density at radius 3 is 1.44 bits per heavy atom. The second-order valence-corrected chi connectivity index (χ2v) is 27.9. The van der Waals surface area contributed by atoms with Gasteiger partial charge in [0, 0.05) is 120 Å². The predicted octanol–water partition coefficient (Wildman–Crippen LogP) is 20.0. The van der Waals surface area contributed by atoms with Gasteiger partial charge in [0.2, 0.25) is 0 Å². The van der Waals surface area contributed by atoms with Crippen LogP contribution in [-0.2, 0) is 25.1 Å². The van der Waals surface area contributed by atoms with E-state index in [0.717, 1.165) is 39.2 Å². The average Bonchev–Trinajstić information content (AvgIpc) is 4.32. The minimum Gasteiger partial charge on any atom is -0.360 e. The maximum absolute atomic E-state index is 12.9. The van der Waals surface area contributed by atoms with Crippen LogP contribution < -0.4 is 0 Å². The molecule has 5 aromatic carbocycles. The van der Waals surface area contributed by atoms with Gasteiger partial charge >= 0.3 is 0 Å². The van der Waals surface area contributed by atoms with Crippen LogP contribution in [0.5, 0.6) is 0 Å². The van der Waals surface area contributed by atoms with Gasteiger partial charge in [-0.25, -0.2) is 39.8 Å². The van der Waals surface area contributed by atoms with Crippen LogP contribution in [0, 0.1) is 0 Å². The smallest absolute Gasteiger partial charge is 0.265 e. The summed E-state index contributed by atoms with van der Waals surface area (Å²) in [4.78, 5) is 10.3. The highest BCUT2D eigenvalue weighted by Crippen LogP contribution is 2.35. The molecule has 9 rings (SSSR count). The third kappa shape index (κ3) is 21.4. The number of hydrogen-bond acceptors (Lipinski definition) is 6. The lowest BCUT2D eigenvalue weighted by atomic mass is 10.1. The Bertz CT molecular complexity index is 3440. The number of nitrogens with one attached hydrogen (secondary N) is 1. The third-order valence-corrected chi connectivity index (χ3v) is 15.5. The molecule has 0 saturated heterocycles. The van der Waals surface area contributed by atoms with E-state index in [2.05, 4.69) is 77.0 Å². The van der Waals surface area contributed by atoms with Gasteiger partial charge in [0.25, 0.3) is 25.7 Å². The fourth-order valence-electron chi connectivity index (χ4n) is 6.80. The maximum Gasteiger partial charge on any atom is 0.265 e. The Hall–Kier alpha value is -5.36. The summed E-state index contributed by atoms with van der Waals surface area (Å²) >= 11 is 34.6. The first-order chi connectivity index (χ1) is 38.3. The van der Waals surface area contributed by atoms with Gasteiger partial charge in [-0.3, -0.25) is 19.3 Å². The molecule has 0 aliphatic rings. The molecule has 4 heterocycles. The van der Waals surface area contributed by atoms with Crippen molar-refractivity contribution < 1.29 is 44.7 Å². The van der Waals surface area contributed by atoms with Crippen LogP contribution in [0.15, 0.2) is 149 Å². The minimum atomic E-state index is -2.60. The molecule has 0 unspecified atom stereocenters. The number of aryl methyl sites for hydroxylation is 1. The van der Waals surface area contributed by atoms with Crippen molar-refractivity contribution >= 4 is 104 Å². The number of nitrogens with zero attached hydrogens (tertiary/aromatic N) is 7. The van der Waals surface area contributed by atoms with Gasteiger partial charge in [-0.15, -0.1) is 0 Å². The number of benzene rings is 5. The number of alkyl halides is 8. The SMILES string of the molecule is C[Si](C)(C)CCOCn1cc(-c2ccc(Cl)c(C(F)F)c2)cn1.Cn1ccc(Cn2cc(-c3ccc(Cl)c(C(F)F)c3)cn2)n1.FC(F)c1cc(-c2cn[nH]c2)ccc1Cl.FC(F)c1cc(Br)ccc1Cl.O=Cc1cc(Br)ccc1Cl. The number of aromatic amines is 1. The van der Waals surface area contributed by atoms with E-state index in [1.807, 2.05) is 19.3 Å². The zero-order valence-corrected chi connectivity index (χ0v) is 51.1. The molecule has 0 bridgehead atoms. The predicted molar refractivity (Wildman–Crippen MR) is 314 cm³/mol. The molecule has 430 valence electrons. The average molecular weight is 1370 g/mol. The van der Waals surface area contributed by atoms with Crippen molar-refractivity contribution in [1.29, 1.82) is 0 Å². The van der Waals surface area contributed by atoms with Crippen LogP contribution in [-0.4, -0.2) is 60.5 Å². The van der Waals surface area contributed by atoms with Crippen LogP contribution in [0.1, 0.15) is 64.0 Å². The Labute approximate surface area is 504 Å². The van der Waals surface area contributed by atoms with Gasteiger partial charge in [-0.1, -0.05) is 128 Å². The van der Waals surface area contributed by atoms with Crippen molar-refractivity contribution in [2.45, 2.75) is 64.7 Å². The molecule has 0 fully saturated rings. The Morgan fingerprint density at radius 1 is 0.580 bits per heavy atom. The van der Waals surface area contributed by atoms with Crippen molar-refractivity contribution in [2.75, 3.05) is 6.61 Å². The van der Waals surface area contributed by atoms with Crippen molar-refractivity contribution in [3.05, 3.63) is 208 Å². The quantitative estimate of drug-likeness (QED) is 0.0474. The van der Waals surface area contributed by atoms with Crippen LogP contribution in [0.2, 0.25) is 50.8 Å². The van der Waals surface area contributed by atoms with Gasteiger partial charge in [-0.2, -0.15) is 20.4 Å². The lowest BCUT2D eigenvalue weighted by Gasteiger charge is -2.15. The fraction of sp³-hybridized carbons (Fsp3) is 0.218. The van der Waals surface area contributed by atoms with E-state index in [9.17, 15) is 39.9 Å². The summed E-state index contributed by atoms with van der Waals surface area (Å²) in [6, 6.07) is 26.2. The fourth-order valence-corrected chi connectivity index (χ4v) is 9.28.